The molecule has 2 aromatic carbocycles. The summed E-state index contributed by atoms with van der Waals surface area (Å²) >= 11 is 0. The van der Waals surface area contributed by atoms with Gasteiger partial charge in [-0.05, 0) is 44.0 Å². The Kier molecular flexibility index (Phi) is 7.40. The van der Waals surface area contributed by atoms with Crippen LogP contribution in [0.1, 0.15) is 31.9 Å². The van der Waals surface area contributed by atoms with Crippen LogP contribution in [0, 0.1) is 0 Å². The molecule has 0 aliphatic rings. The number of ether oxygens (including phenoxy) is 2. The van der Waals surface area contributed by atoms with E-state index in [1.165, 1.54) is 5.56 Å². The van der Waals surface area contributed by atoms with Gasteiger partial charge in [0.2, 0.25) is 0 Å². The number of halogens is 1. The zero-order chi connectivity index (χ0) is 16.0. The monoisotopic (exact) mass is 335 g/mol. The lowest BCUT2D eigenvalue weighted by atomic mass is 10.1. The molecular weight excluding hydrogens is 310 g/mol. The smallest absolute Gasteiger partial charge is 0.161 e. The van der Waals surface area contributed by atoms with E-state index in [9.17, 15) is 0 Å². The lowest BCUT2D eigenvalue weighted by molar-refractivity contribution is 0.284. The highest BCUT2D eigenvalue weighted by atomic mass is 35.5. The van der Waals surface area contributed by atoms with E-state index in [1.807, 2.05) is 42.5 Å². The van der Waals surface area contributed by atoms with Gasteiger partial charge in [0.25, 0.3) is 0 Å². The summed E-state index contributed by atoms with van der Waals surface area (Å²) in [4.78, 5) is 0. The minimum absolute atomic E-state index is 0. The van der Waals surface area contributed by atoms with Crippen LogP contribution in [0.5, 0.6) is 11.5 Å². The fraction of sp³-hybridized carbons (Fsp3) is 0.368. The highest BCUT2D eigenvalue weighted by Gasteiger charge is 2.10. The molecule has 0 fully saturated rings. The molecule has 0 spiro atoms. The summed E-state index contributed by atoms with van der Waals surface area (Å²) in [5.41, 5.74) is 2.41. The predicted octanol–water partition coefficient (Wildman–Crippen LogP) is 4.58. The first-order chi connectivity index (χ1) is 10.5. The van der Waals surface area contributed by atoms with E-state index in [2.05, 4.69) is 32.2 Å². The Hall–Kier alpha value is -1.71. The number of benzene rings is 2. The molecule has 0 saturated heterocycles. The van der Waals surface area contributed by atoms with E-state index in [4.69, 9.17) is 9.47 Å². The molecule has 0 heterocycles. The maximum absolute atomic E-state index is 5.87. The first-order valence-electron chi connectivity index (χ1n) is 7.56. The molecule has 4 heteroatoms. The molecule has 0 unspecified atom stereocenters. The molecule has 0 aromatic heterocycles. The van der Waals surface area contributed by atoms with Gasteiger partial charge in [0.15, 0.2) is 11.5 Å². The minimum atomic E-state index is 0. The van der Waals surface area contributed by atoms with E-state index >= 15 is 0 Å². The second-order valence-corrected chi connectivity index (χ2v) is 6.36. The van der Waals surface area contributed by atoms with Crippen LogP contribution in [0.4, 0.5) is 0 Å². The maximum atomic E-state index is 5.87. The molecule has 2 rings (SSSR count). The highest BCUT2D eigenvalue weighted by Crippen LogP contribution is 2.29. The van der Waals surface area contributed by atoms with Gasteiger partial charge < -0.3 is 14.8 Å². The van der Waals surface area contributed by atoms with Crippen molar-refractivity contribution in [1.82, 2.24) is 5.32 Å². The average Bonchev–Trinajstić information content (AvgIpc) is 2.51. The number of hydrogen-bond donors (Lipinski definition) is 1. The van der Waals surface area contributed by atoms with Crippen molar-refractivity contribution in [3.63, 3.8) is 0 Å². The van der Waals surface area contributed by atoms with E-state index in [0.29, 0.717) is 6.61 Å². The predicted molar refractivity (Wildman–Crippen MR) is 97.6 cm³/mol. The zero-order valence-electron chi connectivity index (χ0n) is 14.3. The van der Waals surface area contributed by atoms with Crippen LogP contribution in [0.15, 0.2) is 48.5 Å². The van der Waals surface area contributed by atoms with Crippen LogP contribution in [0.25, 0.3) is 0 Å². The van der Waals surface area contributed by atoms with Crippen molar-refractivity contribution in [1.29, 1.82) is 0 Å². The summed E-state index contributed by atoms with van der Waals surface area (Å²) in [6.45, 7) is 7.81. The normalized spacial score (nSPS) is 10.8. The van der Waals surface area contributed by atoms with Crippen molar-refractivity contribution in [2.75, 3.05) is 7.11 Å². The van der Waals surface area contributed by atoms with Crippen molar-refractivity contribution in [2.24, 2.45) is 0 Å². The van der Waals surface area contributed by atoms with Gasteiger partial charge in [-0.1, -0.05) is 36.4 Å². The number of rotatable bonds is 6. The van der Waals surface area contributed by atoms with Crippen LogP contribution in [0.3, 0.4) is 0 Å². The molecule has 0 amide bonds. The van der Waals surface area contributed by atoms with E-state index in [0.717, 1.165) is 23.6 Å². The molecule has 3 nitrogen and oxygen atoms in total. The fourth-order valence-corrected chi connectivity index (χ4v) is 2.04. The van der Waals surface area contributed by atoms with Gasteiger partial charge in [0.05, 0.1) is 7.11 Å². The molecule has 0 atom stereocenters. The molecule has 0 bridgehead atoms. The highest BCUT2D eigenvalue weighted by molar-refractivity contribution is 5.85. The van der Waals surface area contributed by atoms with Gasteiger partial charge in [0, 0.05) is 12.1 Å². The summed E-state index contributed by atoms with van der Waals surface area (Å²) in [7, 11) is 1.67. The van der Waals surface area contributed by atoms with E-state index < -0.39 is 0 Å². The zero-order valence-corrected chi connectivity index (χ0v) is 15.1. The largest absolute Gasteiger partial charge is 0.493 e. The van der Waals surface area contributed by atoms with Crippen LogP contribution in [0.2, 0.25) is 0 Å². The molecule has 0 aliphatic carbocycles. The van der Waals surface area contributed by atoms with Crippen LogP contribution < -0.4 is 14.8 Å². The third kappa shape index (κ3) is 6.51. The van der Waals surface area contributed by atoms with Crippen molar-refractivity contribution >= 4 is 12.4 Å². The van der Waals surface area contributed by atoms with Gasteiger partial charge in [-0.25, -0.2) is 0 Å². The molecular formula is C19H26ClNO2. The fourth-order valence-electron chi connectivity index (χ4n) is 2.04. The Morgan fingerprint density at radius 3 is 2.22 bits per heavy atom. The SMILES string of the molecule is COc1cc(CNC(C)(C)C)ccc1OCc1ccccc1.Cl. The Balaban J connectivity index is 0.00000264. The maximum Gasteiger partial charge on any atom is 0.161 e. The lowest BCUT2D eigenvalue weighted by Gasteiger charge is -2.21. The number of hydrogen-bond acceptors (Lipinski definition) is 3. The van der Waals surface area contributed by atoms with Crippen molar-refractivity contribution in [3.05, 3.63) is 59.7 Å². The summed E-state index contributed by atoms with van der Waals surface area (Å²) < 4.78 is 11.3. The molecule has 1 N–H and O–H groups in total. The van der Waals surface area contributed by atoms with Gasteiger partial charge in [-0.15, -0.1) is 12.4 Å². The van der Waals surface area contributed by atoms with Gasteiger partial charge >= 0.3 is 0 Å². The van der Waals surface area contributed by atoms with E-state index in [1.54, 1.807) is 7.11 Å². The quantitative estimate of drug-likeness (QED) is 0.837. The average molecular weight is 336 g/mol. The first kappa shape index (κ1) is 19.3. The van der Waals surface area contributed by atoms with Gasteiger partial charge in [-0.2, -0.15) is 0 Å². The van der Waals surface area contributed by atoms with Crippen molar-refractivity contribution in [3.8, 4) is 11.5 Å². The molecule has 0 radical (unpaired) electrons. The van der Waals surface area contributed by atoms with Crippen LogP contribution in [-0.2, 0) is 13.2 Å². The second kappa shape index (κ2) is 8.80. The third-order valence-corrected chi connectivity index (χ3v) is 3.29. The van der Waals surface area contributed by atoms with Gasteiger partial charge in [0.1, 0.15) is 6.61 Å². The molecule has 23 heavy (non-hydrogen) atoms. The summed E-state index contributed by atoms with van der Waals surface area (Å²) in [6, 6.07) is 16.2. The molecule has 0 saturated carbocycles. The summed E-state index contributed by atoms with van der Waals surface area (Å²) in [6.07, 6.45) is 0. The van der Waals surface area contributed by atoms with Gasteiger partial charge in [-0.3, -0.25) is 0 Å². The molecule has 126 valence electrons. The topological polar surface area (TPSA) is 30.5 Å². The summed E-state index contributed by atoms with van der Waals surface area (Å²) in [5.74, 6) is 1.54. The first-order valence-corrected chi connectivity index (χ1v) is 7.56. The van der Waals surface area contributed by atoms with Crippen molar-refractivity contribution in [2.45, 2.75) is 39.5 Å². The second-order valence-electron chi connectivity index (χ2n) is 6.36. The summed E-state index contributed by atoms with van der Waals surface area (Å²) in [5, 5.41) is 3.47. The third-order valence-electron chi connectivity index (χ3n) is 3.29. The Morgan fingerprint density at radius 1 is 0.913 bits per heavy atom. The standard InChI is InChI=1S/C19H25NO2.ClH/c1-19(2,3)20-13-16-10-11-17(18(12-16)21-4)22-14-15-8-6-5-7-9-15;/h5-12,20H,13-14H2,1-4H3;1H. The van der Waals surface area contributed by atoms with Crippen molar-refractivity contribution < 1.29 is 9.47 Å². The van der Waals surface area contributed by atoms with Crippen LogP contribution in [-0.4, -0.2) is 12.6 Å². The Bertz CT molecular complexity index is 594. The lowest BCUT2D eigenvalue weighted by Crippen LogP contribution is -2.35. The Labute approximate surface area is 145 Å². The van der Waals surface area contributed by atoms with E-state index in [-0.39, 0.29) is 17.9 Å². The molecule has 2 aromatic rings. The Morgan fingerprint density at radius 2 is 1.61 bits per heavy atom. The molecule has 0 aliphatic heterocycles. The number of methoxy groups -OCH3 is 1. The van der Waals surface area contributed by atoms with Crippen LogP contribution >= 0.6 is 12.4 Å². The number of nitrogens with one attached hydrogen (secondary N) is 1. The minimum Gasteiger partial charge on any atom is -0.493 e.